The molecule has 2 rings (SSSR count). The molecule has 0 spiro atoms. The van der Waals surface area contributed by atoms with E-state index in [4.69, 9.17) is 0 Å². The summed E-state index contributed by atoms with van der Waals surface area (Å²) in [5.41, 5.74) is 0.952. The van der Waals surface area contributed by atoms with Gasteiger partial charge in [0.2, 0.25) is 11.8 Å². The van der Waals surface area contributed by atoms with Crippen molar-refractivity contribution in [3.05, 3.63) is 35.9 Å². The molecule has 1 aliphatic heterocycles. The van der Waals surface area contributed by atoms with Crippen molar-refractivity contribution in [3.8, 4) is 0 Å². The Kier molecular flexibility index (Phi) is 5.12. The van der Waals surface area contributed by atoms with E-state index >= 15 is 0 Å². The van der Waals surface area contributed by atoms with Gasteiger partial charge in [-0.2, -0.15) is 0 Å². The number of hydrogen-bond acceptors (Lipinski definition) is 3. The Hall–Kier alpha value is -1.88. The molecule has 0 aromatic heterocycles. The summed E-state index contributed by atoms with van der Waals surface area (Å²) in [7, 11) is 0. The number of nitrogens with one attached hydrogen (secondary N) is 2. The molecular weight excluding hydrogens is 254 g/mol. The zero-order valence-corrected chi connectivity index (χ0v) is 11.8. The lowest BCUT2D eigenvalue weighted by Gasteiger charge is -2.34. The van der Waals surface area contributed by atoms with Crippen molar-refractivity contribution in [1.82, 2.24) is 15.5 Å². The van der Waals surface area contributed by atoms with E-state index in [1.165, 1.54) is 0 Å². The van der Waals surface area contributed by atoms with Gasteiger partial charge in [0.1, 0.15) is 0 Å². The minimum atomic E-state index is -0.118. The first kappa shape index (κ1) is 14.5. The summed E-state index contributed by atoms with van der Waals surface area (Å²) in [6.07, 6.45) is 0.311. The van der Waals surface area contributed by atoms with Crippen LogP contribution in [0.2, 0.25) is 0 Å². The molecule has 0 aliphatic carbocycles. The summed E-state index contributed by atoms with van der Waals surface area (Å²) in [6, 6.07) is 9.70. The van der Waals surface area contributed by atoms with E-state index in [0.717, 1.165) is 18.7 Å². The van der Waals surface area contributed by atoms with Crippen LogP contribution in [0.5, 0.6) is 0 Å². The molecule has 1 aromatic rings. The van der Waals surface area contributed by atoms with Gasteiger partial charge in [0, 0.05) is 25.7 Å². The second-order valence-corrected chi connectivity index (χ2v) is 5.08. The fourth-order valence-corrected chi connectivity index (χ4v) is 2.33. The molecule has 108 valence electrons. The van der Waals surface area contributed by atoms with Crippen LogP contribution in [0.25, 0.3) is 0 Å². The van der Waals surface area contributed by atoms with Crippen LogP contribution >= 0.6 is 0 Å². The zero-order valence-electron chi connectivity index (χ0n) is 11.8. The summed E-state index contributed by atoms with van der Waals surface area (Å²) in [5, 5.41) is 5.93. The summed E-state index contributed by atoms with van der Waals surface area (Å²) < 4.78 is 0. The fourth-order valence-electron chi connectivity index (χ4n) is 2.33. The molecule has 1 atom stereocenters. The highest BCUT2D eigenvalue weighted by atomic mass is 16.2. The van der Waals surface area contributed by atoms with Gasteiger partial charge in [0.15, 0.2) is 0 Å². The molecular formula is C15H21N3O2. The maximum absolute atomic E-state index is 12.0. The van der Waals surface area contributed by atoms with Gasteiger partial charge in [-0.15, -0.1) is 0 Å². The van der Waals surface area contributed by atoms with Crippen molar-refractivity contribution in [1.29, 1.82) is 0 Å². The van der Waals surface area contributed by atoms with E-state index in [2.05, 4.69) is 10.6 Å². The van der Waals surface area contributed by atoms with E-state index in [1.807, 2.05) is 42.2 Å². The van der Waals surface area contributed by atoms with Crippen molar-refractivity contribution < 1.29 is 9.59 Å². The first-order valence-corrected chi connectivity index (χ1v) is 6.97. The summed E-state index contributed by atoms with van der Waals surface area (Å²) in [4.78, 5) is 25.7. The summed E-state index contributed by atoms with van der Waals surface area (Å²) >= 11 is 0. The zero-order chi connectivity index (χ0) is 14.4. The van der Waals surface area contributed by atoms with Gasteiger partial charge in [-0.3, -0.25) is 9.59 Å². The predicted molar refractivity (Wildman–Crippen MR) is 77.2 cm³/mol. The summed E-state index contributed by atoms with van der Waals surface area (Å²) in [6.45, 7) is 4.41. The average Bonchev–Trinajstić information content (AvgIpc) is 2.46. The quantitative estimate of drug-likeness (QED) is 0.823. The molecule has 1 aromatic carbocycles. The van der Waals surface area contributed by atoms with E-state index in [-0.39, 0.29) is 24.4 Å². The molecule has 20 heavy (non-hydrogen) atoms. The highest BCUT2D eigenvalue weighted by Gasteiger charge is 2.22. The fraction of sp³-hybridized carbons (Fsp3) is 0.467. The number of amides is 2. The van der Waals surface area contributed by atoms with Gasteiger partial charge >= 0.3 is 0 Å². The van der Waals surface area contributed by atoms with E-state index in [9.17, 15) is 9.59 Å². The highest BCUT2D eigenvalue weighted by molar-refractivity contribution is 5.85. The molecule has 1 heterocycles. The number of hydrogen-bond donors (Lipinski definition) is 2. The Labute approximate surface area is 119 Å². The van der Waals surface area contributed by atoms with Crippen LogP contribution in [0, 0.1) is 0 Å². The third-order valence-corrected chi connectivity index (χ3v) is 3.47. The first-order chi connectivity index (χ1) is 9.66. The van der Waals surface area contributed by atoms with Gasteiger partial charge in [-0.1, -0.05) is 30.3 Å². The van der Waals surface area contributed by atoms with Gasteiger partial charge in [-0.05, 0) is 12.5 Å². The Morgan fingerprint density at radius 3 is 2.80 bits per heavy atom. The van der Waals surface area contributed by atoms with Gasteiger partial charge in [-0.25, -0.2) is 0 Å². The first-order valence-electron chi connectivity index (χ1n) is 6.97. The number of nitrogens with zero attached hydrogens (tertiary/aromatic N) is 1. The predicted octanol–water partition coefficient (Wildman–Crippen LogP) is 0.166. The van der Waals surface area contributed by atoms with E-state index in [1.54, 1.807) is 0 Å². The largest absolute Gasteiger partial charge is 0.347 e. The SMILES string of the molecule is CC1CNCCN1C(=O)CNC(=O)Cc1ccccc1. The van der Waals surface area contributed by atoms with Crippen molar-refractivity contribution in [2.45, 2.75) is 19.4 Å². The van der Waals surface area contributed by atoms with Gasteiger partial charge in [0.05, 0.1) is 13.0 Å². The Bertz CT molecular complexity index is 461. The highest BCUT2D eigenvalue weighted by Crippen LogP contribution is 2.02. The Balaban J connectivity index is 1.76. The van der Waals surface area contributed by atoms with Crippen LogP contribution in [-0.4, -0.2) is 48.9 Å². The Morgan fingerprint density at radius 1 is 1.35 bits per heavy atom. The summed E-state index contributed by atoms with van der Waals surface area (Å²) in [5.74, 6) is -0.132. The lowest BCUT2D eigenvalue weighted by atomic mass is 10.1. The smallest absolute Gasteiger partial charge is 0.242 e. The third kappa shape index (κ3) is 4.06. The lowest BCUT2D eigenvalue weighted by Crippen LogP contribution is -2.54. The monoisotopic (exact) mass is 275 g/mol. The standard InChI is InChI=1S/C15H21N3O2/c1-12-10-16-7-8-18(12)15(20)11-17-14(19)9-13-5-3-2-4-6-13/h2-6,12,16H,7-11H2,1H3,(H,17,19). The molecule has 1 aliphatic rings. The normalized spacial score (nSPS) is 18.6. The van der Waals surface area contributed by atoms with E-state index < -0.39 is 0 Å². The van der Waals surface area contributed by atoms with Crippen LogP contribution in [0.15, 0.2) is 30.3 Å². The van der Waals surface area contributed by atoms with Crippen LogP contribution in [0.4, 0.5) is 0 Å². The lowest BCUT2D eigenvalue weighted by molar-refractivity contribution is -0.135. The minimum Gasteiger partial charge on any atom is -0.347 e. The van der Waals surface area contributed by atoms with Crippen LogP contribution in [-0.2, 0) is 16.0 Å². The van der Waals surface area contributed by atoms with Crippen molar-refractivity contribution in [3.63, 3.8) is 0 Å². The molecule has 5 nitrogen and oxygen atoms in total. The molecule has 2 N–H and O–H groups in total. The molecule has 1 saturated heterocycles. The number of benzene rings is 1. The Morgan fingerprint density at radius 2 is 2.10 bits per heavy atom. The molecule has 0 saturated carbocycles. The van der Waals surface area contributed by atoms with E-state index in [0.29, 0.717) is 13.0 Å². The molecule has 1 unspecified atom stereocenters. The maximum atomic E-state index is 12.0. The molecule has 0 bridgehead atoms. The topological polar surface area (TPSA) is 61.4 Å². The van der Waals surface area contributed by atoms with Gasteiger partial charge < -0.3 is 15.5 Å². The number of carbonyl (C=O) groups excluding carboxylic acids is 2. The van der Waals surface area contributed by atoms with Crippen molar-refractivity contribution in [2.24, 2.45) is 0 Å². The number of piperazine rings is 1. The molecule has 1 fully saturated rings. The van der Waals surface area contributed by atoms with Gasteiger partial charge in [0.25, 0.3) is 0 Å². The average molecular weight is 275 g/mol. The number of rotatable bonds is 4. The second-order valence-electron chi connectivity index (χ2n) is 5.08. The van der Waals surface area contributed by atoms with Crippen LogP contribution in [0.3, 0.4) is 0 Å². The van der Waals surface area contributed by atoms with Crippen LogP contribution in [0.1, 0.15) is 12.5 Å². The third-order valence-electron chi connectivity index (χ3n) is 3.47. The second kappa shape index (κ2) is 7.05. The molecule has 5 heteroatoms. The van der Waals surface area contributed by atoms with Crippen molar-refractivity contribution in [2.75, 3.05) is 26.2 Å². The number of carbonyl (C=O) groups is 2. The molecule has 0 radical (unpaired) electrons. The van der Waals surface area contributed by atoms with Crippen LogP contribution < -0.4 is 10.6 Å². The minimum absolute atomic E-state index is 0.0135. The molecule has 2 amide bonds. The maximum Gasteiger partial charge on any atom is 0.242 e. The van der Waals surface area contributed by atoms with Crippen molar-refractivity contribution >= 4 is 11.8 Å².